The Bertz CT molecular complexity index is 554. The van der Waals surface area contributed by atoms with Crippen LogP contribution in [0, 0.1) is 19.8 Å². The SMILES string of the molecule is CCC(C)NC(=O)C1CC(=O)N(c2ccc(C)c(C)c2)C1. The minimum atomic E-state index is -0.242. The molecule has 4 nitrogen and oxygen atoms in total. The molecule has 4 heteroatoms. The van der Waals surface area contributed by atoms with Crippen LogP contribution in [0.2, 0.25) is 0 Å². The van der Waals surface area contributed by atoms with Crippen molar-refractivity contribution in [2.24, 2.45) is 5.92 Å². The van der Waals surface area contributed by atoms with Crippen LogP contribution >= 0.6 is 0 Å². The van der Waals surface area contributed by atoms with Gasteiger partial charge in [0, 0.05) is 24.7 Å². The molecule has 1 aromatic rings. The molecule has 21 heavy (non-hydrogen) atoms. The zero-order chi connectivity index (χ0) is 15.6. The second kappa shape index (κ2) is 6.29. The quantitative estimate of drug-likeness (QED) is 0.925. The lowest BCUT2D eigenvalue weighted by Gasteiger charge is -2.19. The smallest absolute Gasteiger partial charge is 0.227 e. The van der Waals surface area contributed by atoms with E-state index in [2.05, 4.69) is 5.32 Å². The maximum absolute atomic E-state index is 12.2. The van der Waals surface area contributed by atoms with Gasteiger partial charge in [0.05, 0.1) is 5.92 Å². The van der Waals surface area contributed by atoms with E-state index in [1.807, 2.05) is 45.9 Å². The summed E-state index contributed by atoms with van der Waals surface area (Å²) in [6, 6.07) is 6.14. The van der Waals surface area contributed by atoms with Crippen molar-refractivity contribution >= 4 is 17.5 Å². The Morgan fingerprint density at radius 1 is 1.38 bits per heavy atom. The van der Waals surface area contributed by atoms with Crippen LogP contribution in [-0.4, -0.2) is 24.4 Å². The molecular formula is C17H24N2O2. The number of carbonyl (C=O) groups is 2. The van der Waals surface area contributed by atoms with Gasteiger partial charge < -0.3 is 10.2 Å². The predicted molar refractivity (Wildman–Crippen MR) is 84.3 cm³/mol. The van der Waals surface area contributed by atoms with Gasteiger partial charge in [-0.05, 0) is 50.5 Å². The summed E-state index contributed by atoms with van der Waals surface area (Å²) in [5.74, 6) is -0.223. The molecule has 0 radical (unpaired) electrons. The van der Waals surface area contributed by atoms with Gasteiger partial charge in [-0.1, -0.05) is 13.0 Å². The van der Waals surface area contributed by atoms with E-state index in [0.29, 0.717) is 13.0 Å². The molecule has 2 unspecified atom stereocenters. The Morgan fingerprint density at radius 2 is 2.10 bits per heavy atom. The average Bonchev–Trinajstić information content (AvgIpc) is 2.84. The monoisotopic (exact) mass is 288 g/mol. The van der Waals surface area contributed by atoms with Crippen LogP contribution in [0.4, 0.5) is 5.69 Å². The maximum atomic E-state index is 12.2. The van der Waals surface area contributed by atoms with Gasteiger partial charge in [-0.3, -0.25) is 9.59 Å². The highest BCUT2D eigenvalue weighted by molar-refractivity contribution is 6.00. The molecule has 1 fully saturated rings. The van der Waals surface area contributed by atoms with E-state index in [-0.39, 0.29) is 23.8 Å². The van der Waals surface area contributed by atoms with Gasteiger partial charge in [0.25, 0.3) is 0 Å². The van der Waals surface area contributed by atoms with Crippen molar-refractivity contribution in [3.05, 3.63) is 29.3 Å². The number of benzene rings is 1. The largest absolute Gasteiger partial charge is 0.353 e. The maximum Gasteiger partial charge on any atom is 0.227 e. The third kappa shape index (κ3) is 3.43. The van der Waals surface area contributed by atoms with Gasteiger partial charge >= 0.3 is 0 Å². The molecule has 1 heterocycles. The average molecular weight is 288 g/mol. The third-order valence-corrected chi connectivity index (χ3v) is 4.30. The molecule has 2 amide bonds. The fourth-order valence-electron chi connectivity index (χ4n) is 2.49. The highest BCUT2D eigenvalue weighted by Gasteiger charge is 2.35. The van der Waals surface area contributed by atoms with Crippen LogP contribution < -0.4 is 10.2 Å². The Kier molecular flexibility index (Phi) is 4.66. The van der Waals surface area contributed by atoms with Crippen molar-refractivity contribution in [1.29, 1.82) is 0 Å². The lowest BCUT2D eigenvalue weighted by atomic mass is 10.1. The fraction of sp³-hybridized carbons (Fsp3) is 0.529. The molecule has 1 aliphatic heterocycles. The van der Waals surface area contributed by atoms with Gasteiger partial charge in [0.1, 0.15) is 0 Å². The van der Waals surface area contributed by atoms with Gasteiger partial charge in [0.2, 0.25) is 11.8 Å². The van der Waals surface area contributed by atoms with E-state index in [4.69, 9.17) is 0 Å². The van der Waals surface area contributed by atoms with Crippen molar-refractivity contribution < 1.29 is 9.59 Å². The standard InChI is InChI=1S/C17H24N2O2/c1-5-13(4)18-17(21)14-9-16(20)19(10-14)15-7-6-11(2)12(3)8-15/h6-8,13-14H,5,9-10H2,1-4H3,(H,18,21). The van der Waals surface area contributed by atoms with Crippen LogP contribution in [0.1, 0.15) is 37.8 Å². The summed E-state index contributed by atoms with van der Waals surface area (Å²) < 4.78 is 0. The molecule has 1 aliphatic rings. The highest BCUT2D eigenvalue weighted by Crippen LogP contribution is 2.27. The summed E-state index contributed by atoms with van der Waals surface area (Å²) in [5, 5.41) is 2.97. The number of nitrogens with zero attached hydrogens (tertiary/aromatic N) is 1. The van der Waals surface area contributed by atoms with Crippen LogP contribution in [0.25, 0.3) is 0 Å². The number of amides is 2. The van der Waals surface area contributed by atoms with Crippen LogP contribution in [-0.2, 0) is 9.59 Å². The number of carbonyl (C=O) groups excluding carboxylic acids is 2. The zero-order valence-electron chi connectivity index (χ0n) is 13.3. The van der Waals surface area contributed by atoms with Crippen molar-refractivity contribution in [3.8, 4) is 0 Å². The molecule has 1 aromatic carbocycles. The van der Waals surface area contributed by atoms with Crippen molar-refractivity contribution in [2.75, 3.05) is 11.4 Å². The predicted octanol–water partition coefficient (Wildman–Crippen LogP) is 2.57. The first-order valence-electron chi connectivity index (χ1n) is 7.60. The van der Waals surface area contributed by atoms with E-state index >= 15 is 0 Å². The van der Waals surface area contributed by atoms with Crippen molar-refractivity contribution in [2.45, 2.75) is 46.6 Å². The molecule has 1 saturated heterocycles. The topological polar surface area (TPSA) is 49.4 Å². The van der Waals surface area contributed by atoms with Gasteiger partial charge in [0.15, 0.2) is 0 Å². The summed E-state index contributed by atoms with van der Waals surface area (Å²) in [6.07, 6.45) is 1.20. The summed E-state index contributed by atoms with van der Waals surface area (Å²) in [5.41, 5.74) is 3.26. The molecule has 0 saturated carbocycles. The van der Waals surface area contributed by atoms with Crippen molar-refractivity contribution in [3.63, 3.8) is 0 Å². The van der Waals surface area contributed by atoms with Crippen LogP contribution in [0.3, 0.4) is 0 Å². The third-order valence-electron chi connectivity index (χ3n) is 4.30. The zero-order valence-corrected chi connectivity index (χ0v) is 13.3. The van der Waals surface area contributed by atoms with E-state index in [1.54, 1.807) is 4.90 Å². The van der Waals surface area contributed by atoms with Crippen molar-refractivity contribution in [1.82, 2.24) is 5.32 Å². The summed E-state index contributed by atoms with van der Waals surface area (Å²) >= 11 is 0. The molecule has 0 spiro atoms. The molecule has 0 bridgehead atoms. The first-order valence-corrected chi connectivity index (χ1v) is 7.60. The van der Waals surface area contributed by atoms with E-state index in [0.717, 1.165) is 17.7 Å². The Hall–Kier alpha value is -1.84. The summed E-state index contributed by atoms with van der Waals surface area (Å²) in [6.45, 7) is 8.57. The number of aryl methyl sites for hydroxylation is 2. The van der Waals surface area contributed by atoms with Crippen LogP contribution in [0.5, 0.6) is 0 Å². The minimum Gasteiger partial charge on any atom is -0.353 e. The number of nitrogens with one attached hydrogen (secondary N) is 1. The Morgan fingerprint density at radius 3 is 2.71 bits per heavy atom. The number of rotatable bonds is 4. The molecule has 114 valence electrons. The number of hydrogen-bond acceptors (Lipinski definition) is 2. The molecule has 2 atom stereocenters. The normalized spacial score (nSPS) is 19.7. The second-order valence-electron chi connectivity index (χ2n) is 5.99. The number of hydrogen-bond donors (Lipinski definition) is 1. The lowest BCUT2D eigenvalue weighted by molar-refractivity contribution is -0.126. The van der Waals surface area contributed by atoms with E-state index in [1.165, 1.54) is 5.56 Å². The summed E-state index contributed by atoms with van der Waals surface area (Å²) in [4.78, 5) is 26.1. The molecule has 0 aliphatic carbocycles. The first kappa shape index (κ1) is 15.5. The van der Waals surface area contributed by atoms with E-state index < -0.39 is 0 Å². The van der Waals surface area contributed by atoms with Crippen LogP contribution in [0.15, 0.2) is 18.2 Å². The summed E-state index contributed by atoms with van der Waals surface area (Å²) in [7, 11) is 0. The minimum absolute atomic E-state index is 0.0102. The first-order chi connectivity index (χ1) is 9.92. The fourth-order valence-corrected chi connectivity index (χ4v) is 2.49. The Labute approximate surface area is 126 Å². The van der Waals surface area contributed by atoms with E-state index in [9.17, 15) is 9.59 Å². The second-order valence-corrected chi connectivity index (χ2v) is 5.99. The highest BCUT2D eigenvalue weighted by atomic mass is 16.2. The van der Waals surface area contributed by atoms with Gasteiger partial charge in [-0.15, -0.1) is 0 Å². The molecule has 2 rings (SSSR count). The molecule has 1 N–H and O–H groups in total. The van der Waals surface area contributed by atoms with Gasteiger partial charge in [-0.2, -0.15) is 0 Å². The molecule has 0 aromatic heterocycles. The Balaban J connectivity index is 2.09. The lowest BCUT2D eigenvalue weighted by Crippen LogP contribution is -2.38. The van der Waals surface area contributed by atoms with Gasteiger partial charge in [-0.25, -0.2) is 0 Å². The number of anilines is 1. The molecular weight excluding hydrogens is 264 g/mol.